The van der Waals surface area contributed by atoms with Gasteiger partial charge in [0, 0.05) is 10.0 Å². The number of carboxylic acids is 1. The molecule has 0 saturated carbocycles. The number of carbonyl (C=O) groups excluding carboxylic acids is 1. The summed E-state index contributed by atoms with van der Waals surface area (Å²) in [5, 5.41) is 11.3. The van der Waals surface area contributed by atoms with Gasteiger partial charge in [0.1, 0.15) is 11.4 Å². The molecule has 0 aliphatic carbocycles. The van der Waals surface area contributed by atoms with Gasteiger partial charge < -0.3 is 15.2 Å². The van der Waals surface area contributed by atoms with E-state index in [0.29, 0.717) is 4.47 Å². The first-order valence-electron chi connectivity index (χ1n) is 5.77. The highest BCUT2D eigenvalue weighted by atomic mass is 79.9. The smallest absolute Gasteiger partial charge is 0.408 e. The lowest BCUT2D eigenvalue weighted by Crippen LogP contribution is -2.38. The van der Waals surface area contributed by atoms with Gasteiger partial charge in [0.25, 0.3) is 0 Å². The third kappa shape index (κ3) is 4.80. The maximum absolute atomic E-state index is 13.8. The molecule has 0 heterocycles. The van der Waals surface area contributed by atoms with Gasteiger partial charge in [0.15, 0.2) is 6.04 Å². The molecule has 20 heavy (non-hydrogen) atoms. The van der Waals surface area contributed by atoms with Crippen LogP contribution in [0.1, 0.15) is 32.4 Å². The molecule has 0 aliphatic rings. The van der Waals surface area contributed by atoms with E-state index >= 15 is 0 Å². The van der Waals surface area contributed by atoms with Crippen molar-refractivity contribution in [2.24, 2.45) is 0 Å². The molecule has 0 spiro atoms. The number of ether oxygens (including phenoxy) is 1. The zero-order valence-electron chi connectivity index (χ0n) is 11.2. The first-order valence-corrected chi connectivity index (χ1v) is 6.57. The third-order valence-electron chi connectivity index (χ3n) is 2.18. The van der Waals surface area contributed by atoms with Gasteiger partial charge in [-0.05, 0) is 32.9 Å². The fourth-order valence-electron chi connectivity index (χ4n) is 1.43. The first kappa shape index (κ1) is 16.4. The Labute approximate surface area is 124 Å². The fraction of sp³-hybridized carbons (Fsp3) is 0.385. The largest absolute Gasteiger partial charge is 0.479 e. The number of rotatable bonds is 3. The van der Waals surface area contributed by atoms with Crippen molar-refractivity contribution in [3.05, 3.63) is 34.1 Å². The second kappa shape index (κ2) is 6.21. The van der Waals surface area contributed by atoms with Gasteiger partial charge in [0.05, 0.1) is 0 Å². The molecule has 1 aromatic carbocycles. The summed E-state index contributed by atoms with van der Waals surface area (Å²) in [6.07, 6.45) is -0.924. The number of benzene rings is 1. The lowest BCUT2D eigenvalue weighted by molar-refractivity contribution is -0.139. The predicted octanol–water partition coefficient (Wildman–Crippen LogP) is 3.24. The Bertz CT molecular complexity index is 528. The minimum atomic E-state index is -1.52. The number of carbonyl (C=O) groups is 2. The highest BCUT2D eigenvalue weighted by Crippen LogP contribution is 2.22. The highest BCUT2D eigenvalue weighted by Gasteiger charge is 2.27. The standard InChI is InChI=1S/C13H15BrFNO4/c1-13(2,3)20-12(19)16-10(11(17)18)8-5-4-7(14)6-9(8)15/h4-6,10H,1-3H3,(H,16,19)(H,17,18)/t10-/m0/s1. The Hall–Kier alpha value is -1.63. The Morgan fingerprint density at radius 2 is 2.00 bits per heavy atom. The van der Waals surface area contributed by atoms with Gasteiger partial charge in [-0.1, -0.05) is 22.0 Å². The summed E-state index contributed by atoms with van der Waals surface area (Å²) in [5.74, 6) is -2.11. The van der Waals surface area contributed by atoms with Crippen molar-refractivity contribution in [2.45, 2.75) is 32.4 Å². The minimum absolute atomic E-state index is 0.147. The van der Waals surface area contributed by atoms with Gasteiger partial charge in [-0.15, -0.1) is 0 Å². The van der Waals surface area contributed by atoms with Gasteiger partial charge in [0.2, 0.25) is 0 Å². The summed E-state index contributed by atoms with van der Waals surface area (Å²) in [7, 11) is 0. The van der Waals surface area contributed by atoms with Crippen molar-refractivity contribution in [3.8, 4) is 0 Å². The number of hydrogen-bond donors (Lipinski definition) is 2. The van der Waals surface area contributed by atoms with Crippen molar-refractivity contribution < 1.29 is 23.8 Å². The summed E-state index contributed by atoms with van der Waals surface area (Å²) in [5.41, 5.74) is -0.919. The van der Waals surface area contributed by atoms with Crippen LogP contribution in [0, 0.1) is 5.82 Å². The summed E-state index contributed by atoms with van der Waals surface area (Å²) >= 11 is 3.07. The van der Waals surface area contributed by atoms with Gasteiger partial charge in [-0.2, -0.15) is 0 Å². The third-order valence-corrected chi connectivity index (χ3v) is 2.67. The van der Waals surface area contributed by atoms with Crippen LogP contribution in [0.2, 0.25) is 0 Å². The number of aliphatic carboxylic acids is 1. The molecule has 0 unspecified atom stereocenters. The summed E-state index contributed by atoms with van der Waals surface area (Å²) in [6.45, 7) is 4.92. The molecule has 0 aliphatic heterocycles. The van der Waals surface area contributed by atoms with E-state index in [1.54, 1.807) is 20.8 Å². The van der Waals surface area contributed by atoms with Crippen LogP contribution >= 0.6 is 15.9 Å². The molecular weight excluding hydrogens is 333 g/mol. The monoisotopic (exact) mass is 347 g/mol. The van der Waals surface area contributed by atoms with Crippen LogP contribution in [0.15, 0.2) is 22.7 Å². The van der Waals surface area contributed by atoms with E-state index in [1.807, 2.05) is 0 Å². The second-order valence-electron chi connectivity index (χ2n) is 5.08. The van der Waals surface area contributed by atoms with Crippen LogP contribution in [-0.2, 0) is 9.53 Å². The minimum Gasteiger partial charge on any atom is -0.479 e. The summed E-state index contributed by atoms with van der Waals surface area (Å²) in [6, 6.07) is 2.39. The molecule has 5 nitrogen and oxygen atoms in total. The quantitative estimate of drug-likeness (QED) is 0.879. The lowest BCUT2D eigenvalue weighted by atomic mass is 10.1. The maximum Gasteiger partial charge on any atom is 0.408 e. The van der Waals surface area contributed by atoms with Crippen molar-refractivity contribution in [1.29, 1.82) is 0 Å². The number of alkyl carbamates (subject to hydrolysis) is 1. The average Bonchev–Trinajstić information content (AvgIpc) is 2.23. The second-order valence-corrected chi connectivity index (χ2v) is 6.00. The number of carboxylic acid groups (broad SMARTS) is 1. The van der Waals surface area contributed by atoms with E-state index in [2.05, 4.69) is 21.2 Å². The maximum atomic E-state index is 13.8. The highest BCUT2D eigenvalue weighted by molar-refractivity contribution is 9.10. The summed E-state index contributed by atoms with van der Waals surface area (Å²) < 4.78 is 19.2. The fourth-order valence-corrected chi connectivity index (χ4v) is 1.77. The zero-order valence-corrected chi connectivity index (χ0v) is 12.8. The molecule has 0 aromatic heterocycles. The van der Waals surface area contributed by atoms with Gasteiger partial charge in [-0.3, -0.25) is 0 Å². The van der Waals surface area contributed by atoms with E-state index in [1.165, 1.54) is 12.1 Å². The van der Waals surface area contributed by atoms with E-state index in [4.69, 9.17) is 9.84 Å². The predicted molar refractivity (Wildman–Crippen MR) is 73.8 cm³/mol. The van der Waals surface area contributed by atoms with E-state index in [0.717, 1.165) is 6.07 Å². The van der Waals surface area contributed by atoms with E-state index in [-0.39, 0.29) is 5.56 Å². The molecule has 1 aromatic rings. The Kier molecular flexibility index (Phi) is 5.10. The van der Waals surface area contributed by atoms with E-state index in [9.17, 15) is 14.0 Å². The SMILES string of the molecule is CC(C)(C)OC(=O)N[C@H](C(=O)O)c1ccc(Br)cc1F. The molecule has 0 bridgehead atoms. The van der Waals surface area contributed by atoms with Crippen molar-refractivity contribution >= 4 is 28.0 Å². The van der Waals surface area contributed by atoms with Crippen molar-refractivity contribution in [2.75, 3.05) is 0 Å². The van der Waals surface area contributed by atoms with Crippen molar-refractivity contribution in [1.82, 2.24) is 5.32 Å². The molecule has 0 radical (unpaired) electrons. The number of amides is 1. The number of nitrogens with one attached hydrogen (secondary N) is 1. The molecular formula is C13H15BrFNO4. The molecule has 110 valence electrons. The van der Waals surface area contributed by atoms with Crippen LogP contribution in [0.3, 0.4) is 0 Å². The van der Waals surface area contributed by atoms with Gasteiger partial charge in [-0.25, -0.2) is 14.0 Å². The van der Waals surface area contributed by atoms with Crippen LogP contribution in [-0.4, -0.2) is 22.8 Å². The van der Waals surface area contributed by atoms with Crippen molar-refractivity contribution in [3.63, 3.8) is 0 Å². The number of hydrogen-bond acceptors (Lipinski definition) is 3. The lowest BCUT2D eigenvalue weighted by Gasteiger charge is -2.22. The molecule has 1 amide bonds. The van der Waals surface area contributed by atoms with Crippen LogP contribution in [0.4, 0.5) is 9.18 Å². The molecule has 2 N–H and O–H groups in total. The Balaban J connectivity index is 2.96. The van der Waals surface area contributed by atoms with Crippen LogP contribution in [0.25, 0.3) is 0 Å². The Morgan fingerprint density at radius 1 is 1.40 bits per heavy atom. The average molecular weight is 348 g/mol. The zero-order chi connectivity index (χ0) is 15.5. The van der Waals surface area contributed by atoms with Crippen LogP contribution < -0.4 is 5.32 Å². The normalized spacial score (nSPS) is 12.7. The molecule has 0 saturated heterocycles. The molecule has 1 rings (SSSR count). The molecule has 1 atom stereocenters. The number of halogens is 2. The molecule has 0 fully saturated rings. The Morgan fingerprint density at radius 3 is 2.45 bits per heavy atom. The molecule has 7 heteroatoms. The van der Waals surface area contributed by atoms with Crippen LogP contribution in [0.5, 0.6) is 0 Å². The summed E-state index contributed by atoms with van der Waals surface area (Å²) in [4.78, 5) is 22.8. The topological polar surface area (TPSA) is 75.6 Å². The van der Waals surface area contributed by atoms with Gasteiger partial charge >= 0.3 is 12.1 Å². The van der Waals surface area contributed by atoms with E-state index < -0.39 is 29.5 Å². The first-order chi connectivity index (χ1) is 9.10.